The molecule has 6 heteroatoms. The fourth-order valence-electron chi connectivity index (χ4n) is 3.23. The highest BCUT2D eigenvalue weighted by molar-refractivity contribution is 5.83. The molecular weight excluding hydrogens is 341 g/mol. The van der Waals surface area contributed by atoms with Gasteiger partial charge in [0, 0.05) is 5.39 Å². The van der Waals surface area contributed by atoms with Crippen LogP contribution < -0.4 is 5.69 Å². The van der Waals surface area contributed by atoms with Crippen LogP contribution in [0.1, 0.15) is 30.5 Å². The molecule has 1 saturated carbocycles. The Bertz CT molecular complexity index is 1010. The van der Waals surface area contributed by atoms with Crippen LogP contribution in [-0.2, 0) is 12.6 Å². The van der Waals surface area contributed by atoms with Crippen LogP contribution in [0.15, 0.2) is 53.3 Å². The zero-order chi connectivity index (χ0) is 18.3. The molecule has 2 aromatic carbocycles. The Morgan fingerprint density at radius 1 is 1.08 bits per heavy atom. The molecule has 1 aliphatic rings. The Kier molecular flexibility index (Phi) is 4.05. The first kappa shape index (κ1) is 16.8. The molecule has 1 aromatic heterocycles. The second-order valence-electron chi connectivity index (χ2n) is 6.72. The first-order valence-electron chi connectivity index (χ1n) is 8.62. The molecule has 0 radical (unpaired) electrons. The second kappa shape index (κ2) is 6.27. The third kappa shape index (κ3) is 3.23. The molecule has 4 rings (SSSR count). The van der Waals surface area contributed by atoms with Gasteiger partial charge in [0.1, 0.15) is 0 Å². The van der Waals surface area contributed by atoms with E-state index >= 15 is 0 Å². The standard InChI is InChI=1S/C20H17F3N2O/c21-20(22,23)14-9-10-16-17(11-8-13-6-7-13)24-19(26)25(18(16)12-14)15-4-2-1-3-5-15/h1-5,9-10,12-13H,6-8,11H2. The van der Waals surface area contributed by atoms with Gasteiger partial charge in [-0.2, -0.15) is 18.2 Å². The monoisotopic (exact) mass is 358 g/mol. The number of aryl methyl sites for hydroxylation is 1. The van der Waals surface area contributed by atoms with Crippen LogP contribution in [0.2, 0.25) is 0 Å². The molecule has 1 fully saturated rings. The Balaban J connectivity index is 1.95. The van der Waals surface area contributed by atoms with E-state index in [1.165, 1.54) is 23.5 Å². The zero-order valence-corrected chi connectivity index (χ0v) is 14.0. The van der Waals surface area contributed by atoms with Crippen LogP contribution in [0.5, 0.6) is 0 Å². The number of halogens is 3. The fraction of sp³-hybridized carbons (Fsp3) is 0.300. The van der Waals surface area contributed by atoms with E-state index in [-0.39, 0.29) is 5.52 Å². The van der Waals surface area contributed by atoms with Gasteiger partial charge in [0.15, 0.2) is 0 Å². The molecule has 0 bridgehead atoms. The van der Waals surface area contributed by atoms with Crippen molar-refractivity contribution in [3.63, 3.8) is 0 Å². The summed E-state index contributed by atoms with van der Waals surface area (Å²) < 4.78 is 40.9. The number of hydrogen-bond donors (Lipinski definition) is 0. The number of nitrogens with zero attached hydrogens (tertiary/aromatic N) is 2. The lowest BCUT2D eigenvalue weighted by molar-refractivity contribution is -0.137. The molecule has 134 valence electrons. The number of aromatic nitrogens is 2. The van der Waals surface area contributed by atoms with Gasteiger partial charge in [-0.25, -0.2) is 4.79 Å². The van der Waals surface area contributed by atoms with Gasteiger partial charge < -0.3 is 0 Å². The van der Waals surface area contributed by atoms with E-state index in [9.17, 15) is 18.0 Å². The molecule has 0 atom stereocenters. The van der Waals surface area contributed by atoms with E-state index in [0.717, 1.165) is 18.6 Å². The number of para-hydroxylation sites is 1. The minimum Gasteiger partial charge on any atom is -0.260 e. The number of benzene rings is 2. The quantitative estimate of drug-likeness (QED) is 0.675. The molecule has 1 heterocycles. The van der Waals surface area contributed by atoms with E-state index in [0.29, 0.717) is 29.1 Å². The molecule has 3 nitrogen and oxygen atoms in total. The maximum absolute atomic E-state index is 13.2. The van der Waals surface area contributed by atoms with Crippen LogP contribution in [0.3, 0.4) is 0 Å². The predicted molar refractivity (Wildman–Crippen MR) is 93.4 cm³/mol. The lowest BCUT2D eigenvalue weighted by Gasteiger charge is -2.15. The average molecular weight is 358 g/mol. The summed E-state index contributed by atoms with van der Waals surface area (Å²) in [7, 11) is 0. The molecule has 0 aliphatic heterocycles. The normalized spacial score (nSPS) is 14.7. The minimum atomic E-state index is -4.47. The molecule has 0 amide bonds. The summed E-state index contributed by atoms with van der Waals surface area (Å²) in [5, 5.41) is 0.599. The summed E-state index contributed by atoms with van der Waals surface area (Å²) in [5.74, 6) is 0.651. The summed E-state index contributed by atoms with van der Waals surface area (Å²) in [6, 6.07) is 12.2. The van der Waals surface area contributed by atoms with Gasteiger partial charge in [-0.05, 0) is 43.0 Å². The Labute approximate surface area is 148 Å². The summed E-state index contributed by atoms with van der Waals surface area (Å²) >= 11 is 0. The van der Waals surface area contributed by atoms with Crippen molar-refractivity contribution in [3.05, 3.63) is 70.3 Å². The summed E-state index contributed by atoms with van der Waals surface area (Å²) in [6.07, 6.45) is -0.590. The van der Waals surface area contributed by atoms with Crippen molar-refractivity contribution in [2.75, 3.05) is 0 Å². The minimum absolute atomic E-state index is 0.247. The van der Waals surface area contributed by atoms with Crippen molar-refractivity contribution >= 4 is 10.9 Å². The lowest BCUT2D eigenvalue weighted by Crippen LogP contribution is -2.24. The molecule has 3 aromatic rings. The highest BCUT2D eigenvalue weighted by Gasteiger charge is 2.31. The van der Waals surface area contributed by atoms with Gasteiger partial charge in [0.05, 0.1) is 22.5 Å². The van der Waals surface area contributed by atoms with Crippen molar-refractivity contribution in [1.82, 2.24) is 9.55 Å². The van der Waals surface area contributed by atoms with Crippen LogP contribution in [-0.4, -0.2) is 9.55 Å². The maximum atomic E-state index is 13.2. The molecule has 0 saturated heterocycles. The van der Waals surface area contributed by atoms with Gasteiger partial charge in [-0.1, -0.05) is 37.1 Å². The average Bonchev–Trinajstić information content (AvgIpc) is 3.43. The van der Waals surface area contributed by atoms with Gasteiger partial charge in [0.25, 0.3) is 0 Å². The smallest absolute Gasteiger partial charge is 0.260 e. The number of fused-ring (bicyclic) bond motifs is 1. The highest BCUT2D eigenvalue weighted by Crippen LogP contribution is 2.35. The first-order valence-corrected chi connectivity index (χ1v) is 8.62. The SMILES string of the molecule is O=c1nc(CCC2CC2)c2ccc(C(F)(F)F)cc2n1-c1ccccc1. The largest absolute Gasteiger partial charge is 0.416 e. The third-order valence-corrected chi connectivity index (χ3v) is 4.80. The predicted octanol–water partition coefficient (Wildman–Crippen LogP) is 4.75. The number of hydrogen-bond acceptors (Lipinski definition) is 2. The lowest BCUT2D eigenvalue weighted by atomic mass is 10.0. The van der Waals surface area contributed by atoms with E-state index in [2.05, 4.69) is 4.98 Å². The van der Waals surface area contributed by atoms with Crippen LogP contribution in [0.25, 0.3) is 16.6 Å². The molecule has 0 unspecified atom stereocenters. The summed E-state index contributed by atoms with van der Waals surface area (Å²) in [4.78, 5) is 16.8. The topological polar surface area (TPSA) is 34.9 Å². The first-order chi connectivity index (χ1) is 12.4. The van der Waals surface area contributed by atoms with Crippen molar-refractivity contribution in [1.29, 1.82) is 0 Å². The van der Waals surface area contributed by atoms with Gasteiger partial charge >= 0.3 is 11.9 Å². The van der Waals surface area contributed by atoms with Gasteiger partial charge in [-0.3, -0.25) is 4.57 Å². The maximum Gasteiger partial charge on any atom is 0.416 e. The van der Waals surface area contributed by atoms with Crippen LogP contribution >= 0.6 is 0 Å². The molecule has 0 spiro atoms. The molecule has 1 aliphatic carbocycles. The van der Waals surface area contributed by atoms with E-state index < -0.39 is 17.4 Å². The van der Waals surface area contributed by atoms with Crippen LogP contribution in [0, 0.1) is 5.92 Å². The highest BCUT2D eigenvalue weighted by atomic mass is 19.4. The Hall–Kier alpha value is -2.63. The zero-order valence-electron chi connectivity index (χ0n) is 14.0. The Morgan fingerprint density at radius 2 is 1.81 bits per heavy atom. The molecule has 26 heavy (non-hydrogen) atoms. The Morgan fingerprint density at radius 3 is 2.46 bits per heavy atom. The second-order valence-corrected chi connectivity index (χ2v) is 6.72. The number of rotatable bonds is 4. The van der Waals surface area contributed by atoms with Crippen LogP contribution in [0.4, 0.5) is 13.2 Å². The molecular formula is C20H17F3N2O. The fourth-order valence-corrected chi connectivity index (χ4v) is 3.23. The van der Waals surface area contributed by atoms with Gasteiger partial charge in [-0.15, -0.1) is 0 Å². The van der Waals surface area contributed by atoms with Crippen molar-refractivity contribution < 1.29 is 13.2 Å². The summed E-state index contributed by atoms with van der Waals surface area (Å²) in [5.41, 5.74) is 0.0138. The van der Waals surface area contributed by atoms with Gasteiger partial charge in [0.2, 0.25) is 0 Å². The van der Waals surface area contributed by atoms with E-state index in [1.54, 1.807) is 30.3 Å². The number of alkyl halides is 3. The molecule has 0 N–H and O–H groups in total. The van der Waals surface area contributed by atoms with E-state index in [1.807, 2.05) is 0 Å². The van der Waals surface area contributed by atoms with Crippen molar-refractivity contribution in [2.24, 2.45) is 5.92 Å². The van der Waals surface area contributed by atoms with E-state index in [4.69, 9.17) is 0 Å². The third-order valence-electron chi connectivity index (χ3n) is 4.80. The van der Waals surface area contributed by atoms with Crippen molar-refractivity contribution in [3.8, 4) is 5.69 Å². The summed E-state index contributed by atoms with van der Waals surface area (Å²) in [6.45, 7) is 0. The van der Waals surface area contributed by atoms with Crippen molar-refractivity contribution in [2.45, 2.75) is 31.9 Å².